The highest BCUT2D eigenvalue weighted by molar-refractivity contribution is 6.05. The first kappa shape index (κ1) is 19.2. The molecule has 2 rings (SSSR count). The van der Waals surface area contributed by atoms with Crippen molar-refractivity contribution in [3.8, 4) is 11.5 Å². The van der Waals surface area contributed by atoms with Gasteiger partial charge in [-0.1, -0.05) is 0 Å². The molecule has 7 nitrogen and oxygen atoms in total. The Morgan fingerprint density at radius 3 is 2.27 bits per heavy atom. The van der Waals surface area contributed by atoms with Crippen LogP contribution in [0.1, 0.15) is 41.6 Å². The van der Waals surface area contributed by atoms with Crippen molar-refractivity contribution in [2.75, 3.05) is 19.5 Å². The molecule has 2 N–H and O–H groups in total. The average Bonchev–Trinajstić information content (AvgIpc) is 2.60. The molecule has 2 amide bonds. The van der Waals surface area contributed by atoms with Crippen LogP contribution in [0.5, 0.6) is 11.5 Å². The molecule has 0 radical (unpaired) electrons. The van der Waals surface area contributed by atoms with E-state index >= 15 is 0 Å². The number of ether oxygens (including phenoxy) is 2. The Hall–Kier alpha value is -3.09. The monoisotopic (exact) mass is 357 g/mol. The molecule has 0 bridgehead atoms. The van der Waals surface area contributed by atoms with Crippen molar-refractivity contribution in [3.05, 3.63) is 47.8 Å². The van der Waals surface area contributed by atoms with Gasteiger partial charge in [-0.05, 0) is 45.0 Å². The zero-order valence-corrected chi connectivity index (χ0v) is 15.5. The molecule has 2 aromatic rings. The number of methoxy groups -OCH3 is 2. The highest BCUT2D eigenvalue weighted by atomic mass is 16.5. The molecule has 138 valence electrons. The Morgan fingerprint density at radius 2 is 1.65 bits per heavy atom. The molecule has 7 heteroatoms. The summed E-state index contributed by atoms with van der Waals surface area (Å²) in [5.74, 6) is 0.378. The van der Waals surface area contributed by atoms with E-state index in [1.807, 2.05) is 20.8 Å². The van der Waals surface area contributed by atoms with Gasteiger partial charge in [-0.25, -0.2) is 0 Å². The second-order valence-electron chi connectivity index (χ2n) is 6.66. The van der Waals surface area contributed by atoms with E-state index in [4.69, 9.17) is 9.47 Å². The van der Waals surface area contributed by atoms with Crippen LogP contribution in [0.3, 0.4) is 0 Å². The molecule has 0 aliphatic rings. The second kappa shape index (κ2) is 7.86. The predicted octanol–water partition coefficient (Wildman–Crippen LogP) is 2.88. The van der Waals surface area contributed by atoms with E-state index in [9.17, 15) is 9.59 Å². The fourth-order valence-electron chi connectivity index (χ4n) is 2.22. The van der Waals surface area contributed by atoms with Gasteiger partial charge in [-0.15, -0.1) is 0 Å². The van der Waals surface area contributed by atoms with E-state index in [2.05, 4.69) is 15.6 Å². The lowest BCUT2D eigenvalue weighted by Gasteiger charge is -2.20. The van der Waals surface area contributed by atoms with Crippen LogP contribution in [-0.2, 0) is 0 Å². The molecule has 0 saturated heterocycles. The Bertz CT molecular complexity index is 813. The topological polar surface area (TPSA) is 89.5 Å². The van der Waals surface area contributed by atoms with Gasteiger partial charge in [-0.2, -0.15) is 0 Å². The van der Waals surface area contributed by atoms with Crippen LogP contribution < -0.4 is 20.1 Å². The molecule has 0 aliphatic carbocycles. The van der Waals surface area contributed by atoms with E-state index in [1.54, 1.807) is 24.3 Å². The van der Waals surface area contributed by atoms with Crippen molar-refractivity contribution in [2.45, 2.75) is 26.3 Å². The quantitative estimate of drug-likeness (QED) is 0.859. The first-order valence-electron chi connectivity index (χ1n) is 8.05. The molecular weight excluding hydrogens is 334 g/mol. The first-order valence-corrected chi connectivity index (χ1v) is 8.05. The predicted molar refractivity (Wildman–Crippen MR) is 99.0 cm³/mol. The number of carbonyl (C=O) groups excluding carboxylic acids is 2. The average molecular weight is 357 g/mol. The number of rotatable bonds is 5. The highest BCUT2D eigenvalue weighted by Gasteiger charge is 2.18. The summed E-state index contributed by atoms with van der Waals surface area (Å²) < 4.78 is 10.4. The SMILES string of the molecule is COc1ccc(NC(=O)c2ccnc(C(=O)NC(C)(C)C)c2)cc1OC. The zero-order valence-electron chi connectivity index (χ0n) is 15.5. The van der Waals surface area contributed by atoms with Gasteiger partial charge in [0.2, 0.25) is 0 Å². The summed E-state index contributed by atoms with van der Waals surface area (Å²) in [6.45, 7) is 5.62. The first-order chi connectivity index (χ1) is 12.2. The van der Waals surface area contributed by atoms with Crippen molar-refractivity contribution in [1.82, 2.24) is 10.3 Å². The third kappa shape index (κ3) is 4.95. The Balaban J connectivity index is 2.18. The van der Waals surface area contributed by atoms with Crippen LogP contribution in [0.2, 0.25) is 0 Å². The van der Waals surface area contributed by atoms with Crippen molar-refractivity contribution in [2.24, 2.45) is 0 Å². The summed E-state index contributed by atoms with van der Waals surface area (Å²) in [5, 5.41) is 5.58. The summed E-state index contributed by atoms with van der Waals surface area (Å²) >= 11 is 0. The maximum Gasteiger partial charge on any atom is 0.270 e. The van der Waals surface area contributed by atoms with Crippen LogP contribution in [0, 0.1) is 0 Å². The van der Waals surface area contributed by atoms with Gasteiger partial charge in [0, 0.05) is 29.1 Å². The summed E-state index contributed by atoms with van der Waals surface area (Å²) in [6, 6.07) is 8.06. The van der Waals surface area contributed by atoms with E-state index in [1.165, 1.54) is 26.5 Å². The molecule has 0 saturated carbocycles. The summed E-state index contributed by atoms with van der Waals surface area (Å²) in [5.41, 5.74) is 0.662. The Morgan fingerprint density at radius 1 is 0.962 bits per heavy atom. The number of carbonyl (C=O) groups is 2. The molecule has 0 atom stereocenters. The van der Waals surface area contributed by atoms with E-state index in [0.29, 0.717) is 22.7 Å². The van der Waals surface area contributed by atoms with Crippen LogP contribution >= 0.6 is 0 Å². The van der Waals surface area contributed by atoms with Crippen LogP contribution in [0.25, 0.3) is 0 Å². The van der Waals surface area contributed by atoms with Gasteiger partial charge in [0.25, 0.3) is 11.8 Å². The third-order valence-corrected chi connectivity index (χ3v) is 3.38. The molecule has 1 aromatic carbocycles. The second-order valence-corrected chi connectivity index (χ2v) is 6.66. The third-order valence-electron chi connectivity index (χ3n) is 3.38. The number of amides is 2. The lowest BCUT2D eigenvalue weighted by molar-refractivity contribution is 0.0914. The van der Waals surface area contributed by atoms with Gasteiger partial charge < -0.3 is 20.1 Å². The number of pyridine rings is 1. The van der Waals surface area contributed by atoms with Crippen molar-refractivity contribution in [1.29, 1.82) is 0 Å². The van der Waals surface area contributed by atoms with Crippen molar-refractivity contribution < 1.29 is 19.1 Å². The molecule has 0 unspecified atom stereocenters. The molecule has 0 fully saturated rings. The van der Waals surface area contributed by atoms with Crippen LogP contribution in [0.4, 0.5) is 5.69 Å². The van der Waals surface area contributed by atoms with Crippen molar-refractivity contribution in [3.63, 3.8) is 0 Å². The fraction of sp³-hybridized carbons (Fsp3) is 0.316. The summed E-state index contributed by atoms with van der Waals surface area (Å²) in [7, 11) is 3.06. The number of anilines is 1. The van der Waals surface area contributed by atoms with Crippen LogP contribution in [-0.4, -0.2) is 36.6 Å². The summed E-state index contributed by atoms with van der Waals surface area (Å²) in [4.78, 5) is 28.7. The van der Waals surface area contributed by atoms with Gasteiger partial charge in [0.15, 0.2) is 11.5 Å². The molecule has 1 heterocycles. The van der Waals surface area contributed by atoms with Crippen molar-refractivity contribution >= 4 is 17.5 Å². The highest BCUT2D eigenvalue weighted by Crippen LogP contribution is 2.29. The molecular formula is C19H23N3O4. The minimum Gasteiger partial charge on any atom is -0.493 e. The summed E-state index contributed by atoms with van der Waals surface area (Å²) in [6.07, 6.45) is 1.43. The van der Waals surface area contributed by atoms with E-state index < -0.39 is 5.54 Å². The molecule has 0 aliphatic heterocycles. The number of hydrogen-bond acceptors (Lipinski definition) is 5. The molecule has 26 heavy (non-hydrogen) atoms. The number of benzene rings is 1. The Kier molecular flexibility index (Phi) is 5.82. The number of hydrogen-bond donors (Lipinski definition) is 2. The maximum absolute atomic E-state index is 12.5. The Labute approximate surface area is 152 Å². The van der Waals surface area contributed by atoms with E-state index in [-0.39, 0.29) is 17.5 Å². The number of nitrogens with zero attached hydrogens (tertiary/aromatic N) is 1. The smallest absolute Gasteiger partial charge is 0.270 e. The van der Waals surface area contributed by atoms with Gasteiger partial charge in [0.05, 0.1) is 14.2 Å². The van der Waals surface area contributed by atoms with Gasteiger partial charge in [-0.3, -0.25) is 14.6 Å². The lowest BCUT2D eigenvalue weighted by Crippen LogP contribution is -2.41. The standard InChI is InChI=1S/C19H23N3O4/c1-19(2,3)22-18(24)14-10-12(8-9-20-14)17(23)21-13-6-7-15(25-4)16(11-13)26-5/h6-11H,1-5H3,(H,21,23)(H,22,24). The molecule has 0 spiro atoms. The molecule has 1 aromatic heterocycles. The largest absolute Gasteiger partial charge is 0.493 e. The minimum atomic E-state index is -0.392. The normalized spacial score (nSPS) is 10.8. The van der Waals surface area contributed by atoms with Crippen LogP contribution in [0.15, 0.2) is 36.5 Å². The maximum atomic E-state index is 12.5. The fourth-order valence-corrected chi connectivity index (χ4v) is 2.22. The van der Waals surface area contributed by atoms with Gasteiger partial charge >= 0.3 is 0 Å². The minimum absolute atomic E-state index is 0.180. The number of nitrogens with one attached hydrogen (secondary N) is 2. The zero-order chi connectivity index (χ0) is 19.3. The number of aromatic nitrogens is 1. The lowest BCUT2D eigenvalue weighted by atomic mass is 10.1. The van der Waals surface area contributed by atoms with Gasteiger partial charge in [0.1, 0.15) is 5.69 Å². The van der Waals surface area contributed by atoms with E-state index in [0.717, 1.165) is 0 Å².